The molecule has 3 heteroatoms. The first-order chi connectivity index (χ1) is 8.99. The van der Waals surface area contributed by atoms with Crippen LogP contribution < -0.4 is 0 Å². The third-order valence-electron chi connectivity index (χ3n) is 3.87. The number of rotatable bonds is 2. The molecular formula is C16H21N3. The fourth-order valence-corrected chi connectivity index (χ4v) is 2.76. The Morgan fingerprint density at radius 3 is 2.47 bits per heavy atom. The van der Waals surface area contributed by atoms with Gasteiger partial charge in [-0.2, -0.15) is 0 Å². The number of hydrogen-bond acceptors (Lipinski definition) is 1. The maximum Gasteiger partial charge on any atom is 0.109 e. The van der Waals surface area contributed by atoms with Crippen LogP contribution in [-0.4, -0.2) is 14.5 Å². The number of imidazole rings is 1. The van der Waals surface area contributed by atoms with Crippen LogP contribution in [0.4, 0.5) is 0 Å². The highest BCUT2D eigenvalue weighted by molar-refractivity contribution is 6.03. The molecule has 0 unspecified atom stereocenters. The molecule has 0 radical (unpaired) electrons. The molecular weight excluding hydrogens is 234 g/mol. The van der Waals surface area contributed by atoms with Crippen molar-refractivity contribution in [2.45, 2.75) is 39.5 Å². The predicted octanol–water partition coefficient (Wildman–Crippen LogP) is 4.30. The van der Waals surface area contributed by atoms with Crippen molar-refractivity contribution >= 4 is 21.9 Å². The minimum Gasteiger partial charge on any atom is -0.347 e. The van der Waals surface area contributed by atoms with Gasteiger partial charge in [0.1, 0.15) is 5.82 Å². The molecule has 1 N–H and O–H groups in total. The molecule has 3 nitrogen and oxygen atoms in total. The highest BCUT2D eigenvalue weighted by Gasteiger charge is 2.14. The van der Waals surface area contributed by atoms with E-state index in [9.17, 15) is 0 Å². The summed E-state index contributed by atoms with van der Waals surface area (Å²) in [6.45, 7) is 8.80. The number of aromatic nitrogens is 3. The summed E-state index contributed by atoms with van der Waals surface area (Å²) in [6, 6.07) is 6.59. The molecule has 0 atom stereocenters. The van der Waals surface area contributed by atoms with Crippen molar-refractivity contribution in [3.05, 3.63) is 29.7 Å². The second-order valence-electron chi connectivity index (χ2n) is 5.95. The molecule has 3 aromatic rings. The molecule has 2 heterocycles. The lowest BCUT2D eigenvalue weighted by atomic mass is 10.1. The van der Waals surface area contributed by atoms with Gasteiger partial charge >= 0.3 is 0 Å². The quantitative estimate of drug-likeness (QED) is 0.727. The molecule has 0 fully saturated rings. The van der Waals surface area contributed by atoms with Gasteiger partial charge in [-0.1, -0.05) is 27.7 Å². The largest absolute Gasteiger partial charge is 0.347 e. The fraction of sp³-hybridized carbons (Fsp3) is 0.438. The third-order valence-corrected chi connectivity index (χ3v) is 3.87. The molecule has 0 amide bonds. The van der Waals surface area contributed by atoms with E-state index in [1.165, 1.54) is 22.1 Å². The van der Waals surface area contributed by atoms with Crippen molar-refractivity contribution in [1.29, 1.82) is 0 Å². The van der Waals surface area contributed by atoms with Crippen molar-refractivity contribution in [3.8, 4) is 0 Å². The second kappa shape index (κ2) is 4.12. The number of aryl methyl sites for hydroxylation is 1. The Bertz CT molecular complexity index is 744. The number of benzene rings is 1. The van der Waals surface area contributed by atoms with Gasteiger partial charge in [-0.25, -0.2) is 4.98 Å². The first-order valence-corrected chi connectivity index (χ1v) is 6.97. The molecule has 100 valence electrons. The van der Waals surface area contributed by atoms with E-state index >= 15 is 0 Å². The van der Waals surface area contributed by atoms with E-state index in [1.807, 2.05) is 0 Å². The number of fused-ring (bicyclic) bond motifs is 3. The van der Waals surface area contributed by atoms with E-state index in [0.29, 0.717) is 11.8 Å². The molecule has 0 spiro atoms. The molecule has 0 saturated carbocycles. The Hall–Kier alpha value is -1.77. The molecule has 3 rings (SSSR count). The van der Waals surface area contributed by atoms with Crippen LogP contribution in [0.1, 0.15) is 51.0 Å². The van der Waals surface area contributed by atoms with Crippen LogP contribution in [0.5, 0.6) is 0 Å². The Labute approximate surface area is 113 Å². The normalized spacial score (nSPS) is 12.4. The zero-order valence-electron chi connectivity index (χ0n) is 12.3. The van der Waals surface area contributed by atoms with Crippen LogP contribution in [0.2, 0.25) is 0 Å². The topological polar surface area (TPSA) is 33.6 Å². The number of aromatic amines is 1. The second-order valence-corrected chi connectivity index (χ2v) is 5.95. The lowest BCUT2D eigenvalue weighted by Gasteiger charge is -2.06. The van der Waals surface area contributed by atoms with Gasteiger partial charge in [0.25, 0.3) is 0 Å². The number of H-pyrrole nitrogens is 1. The van der Waals surface area contributed by atoms with Gasteiger partial charge in [-0.3, -0.25) is 0 Å². The first-order valence-electron chi connectivity index (χ1n) is 6.97. The molecule has 1 aromatic carbocycles. The summed E-state index contributed by atoms with van der Waals surface area (Å²) in [5, 5.41) is 1.28. The fourth-order valence-electron chi connectivity index (χ4n) is 2.76. The van der Waals surface area contributed by atoms with Crippen molar-refractivity contribution in [2.75, 3.05) is 0 Å². The van der Waals surface area contributed by atoms with Crippen LogP contribution in [0, 0.1) is 0 Å². The van der Waals surface area contributed by atoms with Crippen LogP contribution in [0.25, 0.3) is 21.9 Å². The van der Waals surface area contributed by atoms with E-state index in [4.69, 9.17) is 0 Å². The minimum absolute atomic E-state index is 0.427. The Balaban J connectivity index is 2.36. The van der Waals surface area contributed by atoms with Crippen molar-refractivity contribution < 1.29 is 0 Å². The summed E-state index contributed by atoms with van der Waals surface area (Å²) < 4.78 is 2.29. The maximum atomic E-state index is 4.68. The molecule has 19 heavy (non-hydrogen) atoms. The van der Waals surface area contributed by atoms with E-state index in [2.05, 4.69) is 67.5 Å². The van der Waals surface area contributed by atoms with Crippen LogP contribution in [0.15, 0.2) is 18.2 Å². The van der Waals surface area contributed by atoms with Crippen LogP contribution in [-0.2, 0) is 7.05 Å². The average Bonchev–Trinajstić information content (AvgIpc) is 2.90. The van der Waals surface area contributed by atoms with Gasteiger partial charge in [0.05, 0.1) is 16.6 Å². The van der Waals surface area contributed by atoms with E-state index in [0.717, 1.165) is 11.3 Å². The van der Waals surface area contributed by atoms with Crippen molar-refractivity contribution in [3.63, 3.8) is 0 Å². The average molecular weight is 255 g/mol. The summed E-state index contributed by atoms with van der Waals surface area (Å²) in [5.74, 6) is 2.02. The lowest BCUT2D eigenvalue weighted by molar-refractivity contribution is 0.755. The highest BCUT2D eigenvalue weighted by atomic mass is 15.0. The Morgan fingerprint density at radius 1 is 1.11 bits per heavy atom. The van der Waals surface area contributed by atoms with Gasteiger partial charge in [0.15, 0.2) is 0 Å². The van der Waals surface area contributed by atoms with E-state index < -0.39 is 0 Å². The van der Waals surface area contributed by atoms with Gasteiger partial charge in [0, 0.05) is 24.0 Å². The minimum atomic E-state index is 0.427. The lowest BCUT2D eigenvalue weighted by Crippen LogP contribution is -1.97. The highest BCUT2D eigenvalue weighted by Crippen LogP contribution is 2.30. The van der Waals surface area contributed by atoms with Crippen LogP contribution in [0.3, 0.4) is 0 Å². The van der Waals surface area contributed by atoms with Gasteiger partial charge in [0.2, 0.25) is 0 Å². The molecule has 0 bridgehead atoms. The monoisotopic (exact) mass is 255 g/mol. The van der Waals surface area contributed by atoms with Gasteiger partial charge in [-0.15, -0.1) is 0 Å². The van der Waals surface area contributed by atoms with Crippen molar-refractivity contribution in [1.82, 2.24) is 14.5 Å². The Morgan fingerprint density at radius 2 is 1.84 bits per heavy atom. The molecule has 0 aliphatic heterocycles. The predicted molar refractivity (Wildman–Crippen MR) is 80.7 cm³/mol. The first kappa shape index (κ1) is 12.3. The van der Waals surface area contributed by atoms with Gasteiger partial charge < -0.3 is 9.55 Å². The number of nitrogens with zero attached hydrogens (tertiary/aromatic N) is 2. The van der Waals surface area contributed by atoms with Gasteiger partial charge in [-0.05, 0) is 24.1 Å². The Kier molecular flexibility index (Phi) is 2.66. The standard InChI is InChI=1S/C16H21N3/c1-9(2)14-8-11-13(19(14)5)7-6-12-15(11)18-16(17-12)10(3)4/h6-10H,1-5H3,(H,17,18). The molecule has 0 saturated heterocycles. The maximum absolute atomic E-state index is 4.68. The molecule has 0 aliphatic rings. The zero-order chi connectivity index (χ0) is 13.7. The summed E-state index contributed by atoms with van der Waals surface area (Å²) in [4.78, 5) is 8.17. The molecule has 2 aromatic heterocycles. The SMILES string of the molecule is CC(C)c1nc2ccc3c(cc(C(C)C)n3C)c2[nH]1. The van der Waals surface area contributed by atoms with Crippen molar-refractivity contribution in [2.24, 2.45) is 7.05 Å². The molecule has 0 aliphatic carbocycles. The number of nitrogens with one attached hydrogen (secondary N) is 1. The zero-order valence-corrected chi connectivity index (χ0v) is 12.3. The summed E-state index contributed by atoms with van der Waals surface area (Å²) in [7, 11) is 2.14. The summed E-state index contributed by atoms with van der Waals surface area (Å²) in [5.41, 5.74) is 4.87. The third kappa shape index (κ3) is 1.76. The van der Waals surface area contributed by atoms with E-state index in [1.54, 1.807) is 0 Å². The smallest absolute Gasteiger partial charge is 0.109 e. The number of hydrogen-bond donors (Lipinski definition) is 1. The summed E-state index contributed by atoms with van der Waals surface area (Å²) >= 11 is 0. The van der Waals surface area contributed by atoms with Crippen LogP contribution >= 0.6 is 0 Å². The van der Waals surface area contributed by atoms with E-state index in [-0.39, 0.29) is 0 Å². The summed E-state index contributed by atoms with van der Waals surface area (Å²) in [6.07, 6.45) is 0.